The summed E-state index contributed by atoms with van der Waals surface area (Å²) in [5, 5.41) is 0. The van der Waals surface area contributed by atoms with Crippen molar-refractivity contribution in [3.05, 3.63) is 58.7 Å². The first kappa shape index (κ1) is 27.5. The number of benzene rings is 2. The van der Waals surface area contributed by atoms with Crippen LogP contribution in [0, 0.1) is 0 Å². The molecule has 0 aliphatic carbocycles. The summed E-state index contributed by atoms with van der Waals surface area (Å²) in [6, 6.07) is 13.8. The lowest BCUT2D eigenvalue weighted by molar-refractivity contribution is 0.452. The molecule has 2 aromatic rings. The summed E-state index contributed by atoms with van der Waals surface area (Å²) in [6.07, 6.45) is 19.6. The highest BCUT2D eigenvalue weighted by atomic mass is 16.5. The molecule has 184 valence electrons. The van der Waals surface area contributed by atoms with Gasteiger partial charge in [-0.05, 0) is 73.6 Å². The van der Waals surface area contributed by atoms with E-state index in [0.29, 0.717) is 0 Å². The van der Waals surface area contributed by atoms with Crippen molar-refractivity contribution in [3.63, 3.8) is 0 Å². The molecule has 1 heteroatoms. The molecule has 1 nitrogen and oxygen atoms in total. The van der Waals surface area contributed by atoms with Crippen molar-refractivity contribution < 1.29 is 4.74 Å². The lowest BCUT2D eigenvalue weighted by atomic mass is 9.97. The van der Waals surface area contributed by atoms with Crippen LogP contribution in [0.1, 0.15) is 127 Å². The molecule has 0 radical (unpaired) electrons. The van der Waals surface area contributed by atoms with E-state index in [2.05, 4.69) is 64.1 Å². The van der Waals surface area contributed by atoms with E-state index in [1.807, 2.05) is 0 Å². The van der Waals surface area contributed by atoms with Gasteiger partial charge in [-0.3, -0.25) is 0 Å². The molecule has 0 spiro atoms. The Hall–Kier alpha value is -1.76. The molecule has 2 aromatic carbocycles. The van der Waals surface area contributed by atoms with Gasteiger partial charge in [0, 0.05) is 0 Å². The van der Waals surface area contributed by atoms with Crippen LogP contribution in [-0.4, -0.2) is 0 Å². The smallest absolute Gasteiger partial charge is 0.133 e. The van der Waals surface area contributed by atoms with Crippen molar-refractivity contribution >= 4 is 0 Å². The fourth-order valence-electron chi connectivity index (χ4n) is 4.69. The van der Waals surface area contributed by atoms with Crippen molar-refractivity contribution in [2.75, 3.05) is 0 Å². The van der Waals surface area contributed by atoms with E-state index in [4.69, 9.17) is 4.74 Å². The molecule has 0 aliphatic rings. The normalized spacial score (nSPS) is 11.2. The number of para-hydroxylation sites is 2. The molecule has 0 aliphatic heterocycles. The van der Waals surface area contributed by atoms with Crippen LogP contribution < -0.4 is 4.74 Å². The number of ether oxygens (including phenoxy) is 1. The second-order valence-electron chi connectivity index (χ2n) is 9.74. The Morgan fingerprint density at radius 3 is 0.939 bits per heavy atom. The predicted octanol–water partition coefficient (Wildman–Crippen LogP) is 10.4. The Labute approximate surface area is 205 Å². The standard InChI is InChI=1S/C32H50O/c1-5-9-13-19-27-23-17-24-28(20-14-10-6-2)31(27)33-32-29(21-15-11-7-3)25-18-26-30(32)22-16-12-8-4/h17-18,23-26H,5-16,19-22H2,1-4H3. The van der Waals surface area contributed by atoms with Crippen LogP contribution in [0.3, 0.4) is 0 Å². The fourth-order valence-corrected chi connectivity index (χ4v) is 4.69. The van der Waals surface area contributed by atoms with Crippen LogP contribution in [0.15, 0.2) is 36.4 Å². The number of rotatable bonds is 18. The molecule has 0 N–H and O–H groups in total. The highest BCUT2D eigenvalue weighted by Gasteiger charge is 2.16. The van der Waals surface area contributed by atoms with E-state index < -0.39 is 0 Å². The molecule has 0 bridgehead atoms. The van der Waals surface area contributed by atoms with Gasteiger partial charge in [-0.25, -0.2) is 0 Å². The third-order valence-corrected chi connectivity index (χ3v) is 6.76. The first-order valence-corrected chi connectivity index (χ1v) is 14.1. The SMILES string of the molecule is CCCCCc1cccc(CCCCC)c1Oc1c(CCCCC)cccc1CCCCC. The average Bonchev–Trinajstić information content (AvgIpc) is 2.82. The van der Waals surface area contributed by atoms with Gasteiger partial charge in [-0.2, -0.15) is 0 Å². The van der Waals surface area contributed by atoms with Gasteiger partial charge in [0.2, 0.25) is 0 Å². The molecule has 33 heavy (non-hydrogen) atoms. The van der Waals surface area contributed by atoms with Crippen molar-refractivity contribution in [1.82, 2.24) is 0 Å². The number of hydrogen-bond acceptors (Lipinski definition) is 1. The highest BCUT2D eigenvalue weighted by molar-refractivity contribution is 5.49. The summed E-state index contributed by atoms with van der Waals surface area (Å²) in [5.41, 5.74) is 5.61. The van der Waals surface area contributed by atoms with Crippen molar-refractivity contribution in [2.24, 2.45) is 0 Å². The van der Waals surface area contributed by atoms with E-state index in [9.17, 15) is 0 Å². The van der Waals surface area contributed by atoms with Gasteiger partial charge < -0.3 is 4.74 Å². The maximum absolute atomic E-state index is 7.03. The second-order valence-corrected chi connectivity index (χ2v) is 9.74. The highest BCUT2D eigenvalue weighted by Crippen LogP contribution is 2.37. The van der Waals surface area contributed by atoms with Gasteiger partial charge in [0.05, 0.1) is 0 Å². The van der Waals surface area contributed by atoms with E-state index >= 15 is 0 Å². The Morgan fingerprint density at radius 2 is 0.697 bits per heavy atom. The summed E-state index contributed by atoms with van der Waals surface area (Å²) in [7, 11) is 0. The second kappa shape index (κ2) is 16.8. The summed E-state index contributed by atoms with van der Waals surface area (Å²) in [6.45, 7) is 9.14. The first-order chi connectivity index (χ1) is 16.2. The molecule has 0 atom stereocenters. The molecule has 0 fully saturated rings. The predicted molar refractivity (Wildman–Crippen MR) is 146 cm³/mol. The maximum Gasteiger partial charge on any atom is 0.133 e. The Kier molecular flexibility index (Phi) is 14.0. The molecular weight excluding hydrogens is 400 g/mol. The quantitative estimate of drug-likeness (QED) is 0.205. The topological polar surface area (TPSA) is 9.23 Å². The minimum Gasteiger partial charge on any atom is -0.456 e. The lowest BCUT2D eigenvalue weighted by Gasteiger charge is -2.21. The number of hydrogen-bond donors (Lipinski definition) is 0. The summed E-state index contributed by atoms with van der Waals surface area (Å²) < 4.78 is 7.03. The Bertz CT molecular complexity index is 654. The molecular formula is C32H50O. The van der Waals surface area contributed by atoms with E-state index in [1.54, 1.807) is 0 Å². The molecule has 0 aromatic heterocycles. The van der Waals surface area contributed by atoms with E-state index in [-0.39, 0.29) is 0 Å². The molecule has 0 saturated carbocycles. The zero-order valence-corrected chi connectivity index (χ0v) is 22.2. The third-order valence-electron chi connectivity index (χ3n) is 6.76. The molecule has 0 amide bonds. The zero-order valence-electron chi connectivity index (χ0n) is 22.2. The average molecular weight is 451 g/mol. The van der Waals surface area contributed by atoms with Gasteiger partial charge >= 0.3 is 0 Å². The zero-order chi connectivity index (χ0) is 23.7. The van der Waals surface area contributed by atoms with Gasteiger partial charge in [-0.15, -0.1) is 0 Å². The molecule has 2 rings (SSSR count). The van der Waals surface area contributed by atoms with Crippen LogP contribution in [0.2, 0.25) is 0 Å². The van der Waals surface area contributed by atoms with E-state index in [0.717, 1.165) is 25.7 Å². The molecule has 0 unspecified atom stereocenters. The third kappa shape index (κ3) is 9.55. The Morgan fingerprint density at radius 1 is 0.424 bits per heavy atom. The van der Waals surface area contributed by atoms with Crippen molar-refractivity contribution in [1.29, 1.82) is 0 Å². The fraction of sp³-hybridized carbons (Fsp3) is 0.625. The summed E-state index contributed by atoms with van der Waals surface area (Å²) >= 11 is 0. The number of unbranched alkanes of at least 4 members (excludes halogenated alkanes) is 8. The Balaban J connectivity index is 2.41. The largest absolute Gasteiger partial charge is 0.456 e. The minimum atomic E-state index is 1.12. The molecule has 0 saturated heterocycles. The van der Waals surface area contributed by atoms with Gasteiger partial charge in [-0.1, -0.05) is 115 Å². The van der Waals surface area contributed by atoms with Crippen molar-refractivity contribution in [2.45, 2.75) is 130 Å². The van der Waals surface area contributed by atoms with Gasteiger partial charge in [0.25, 0.3) is 0 Å². The van der Waals surface area contributed by atoms with Crippen LogP contribution in [0.4, 0.5) is 0 Å². The van der Waals surface area contributed by atoms with Gasteiger partial charge in [0.15, 0.2) is 0 Å². The van der Waals surface area contributed by atoms with Crippen LogP contribution >= 0.6 is 0 Å². The van der Waals surface area contributed by atoms with Crippen LogP contribution in [0.25, 0.3) is 0 Å². The summed E-state index contributed by atoms with van der Waals surface area (Å²) in [5.74, 6) is 2.34. The molecule has 0 heterocycles. The van der Waals surface area contributed by atoms with Crippen molar-refractivity contribution in [3.8, 4) is 11.5 Å². The van der Waals surface area contributed by atoms with Crippen LogP contribution in [-0.2, 0) is 25.7 Å². The maximum atomic E-state index is 7.03. The minimum absolute atomic E-state index is 1.12. The monoisotopic (exact) mass is 450 g/mol. The van der Waals surface area contributed by atoms with Gasteiger partial charge in [0.1, 0.15) is 11.5 Å². The number of aryl methyl sites for hydroxylation is 4. The lowest BCUT2D eigenvalue weighted by Crippen LogP contribution is -2.03. The van der Waals surface area contributed by atoms with E-state index in [1.165, 1.54) is 111 Å². The first-order valence-electron chi connectivity index (χ1n) is 14.1. The van der Waals surface area contributed by atoms with Crippen LogP contribution in [0.5, 0.6) is 11.5 Å². The summed E-state index contributed by atoms with van der Waals surface area (Å²) in [4.78, 5) is 0.